The third-order valence-electron chi connectivity index (χ3n) is 5.62. The third kappa shape index (κ3) is 3.78. The molecule has 3 heterocycles. The average Bonchev–Trinajstić information content (AvgIpc) is 3.54. The van der Waals surface area contributed by atoms with Crippen LogP contribution in [-0.4, -0.2) is 39.6 Å². The van der Waals surface area contributed by atoms with Crippen molar-refractivity contribution in [2.45, 2.75) is 19.8 Å². The number of aromatic nitrogens is 2. The van der Waals surface area contributed by atoms with Crippen molar-refractivity contribution in [3.8, 4) is 5.69 Å². The van der Waals surface area contributed by atoms with Crippen LogP contribution in [0.3, 0.4) is 0 Å². The minimum atomic E-state index is -0.261. The molecule has 8 heteroatoms. The number of carbonyl (C=O) groups excluding carboxylic acids is 2. The highest BCUT2D eigenvalue weighted by molar-refractivity contribution is 7.20. The number of fused-ring (bicyclic) bond motifs is 1. The summed E-state index contributed by atoms with van der Waals surface area (Å²) in [6.45, 7) is 3.39. The highest BCUT2D eigenvalue weighted by atomic mass is 35.5. The molecule has 2 amide bonds. The predicted octanol–water partition coefficient (Wildman–Crippen LogP) is 5.54. The van der Waals surface area contributed by atoms with Crippen LogP contribution >= 0.6 is 22.9 Å². The molecule has 4 aromatic rings. The Balaban J connectivity index is 1.46. The van der Waals surface area contributed by atoms with Crippen LogP contribution in [-0.2, 0) is 0 Å². The molecule has 162 valence electrons. The van der Waals surface area contributed by atoms with Crippen LogP contribution in [0.2, 0.25) is 5.02 Å². The normalized spacial score (nSPS) is 13.6. The Kier molecular flexibility index (Phi) is 5.45. The number of aryl methyl sites for hydroxylation is 1. The van der Waals surface area contributed by atoms with E-state index >= 15 is 0 Å². The maximum atomic E-state index is 13.1. The first-order valence-electron chi connectivity index (χ1n) is 10.5. The van der Waals surface area contributed by atoms with Crippen molar-refractivity contribution >= 4 is 50.7 Å². The molecule has 0 atom stereocenters. The van der Waals surface area contributed by atoms with E-state index in [2.05, 4.69) is 10.4 Å². The summed E-state index contributed by atoms with van der Waals surface area (Å²) in [5.41, 5.74) is 2.68. The van der Waals surface area contributed by atoms with Gasteiger partial charge in [0, 0.05) is 23.5 Å². The van der Waals surface area contributed by atoms with E-state index in [4.69, 9.17) is 11.6 Å². The van der Waals surface area contributed by atoms with Gasteiger partial charge in [0.1, 0.15) is 4.83 Å². The van der Waals surface area contributed by atoms with Gasteiger partial charge in [0.15, 0.2) is 0 Å². The quantitative estimate of drug-likeness (QED) is 0.431. The van der Waals surface area contributed by atoms with Crippen LogP contribution in [0, 0.1) is 6.92 Å². The molecule has 6 nitrogen and oxygen atoms in total. The Morgan fingerprint density at radius 2 is 1.81 bits per heavy atom. The second kappa shape index (κ2) is 8.41. The lowest BCUT2D eigenvalue weighted by molar-refractivity contribution is 0.0794. The summed E-state index contributed by atoms with van der Waals surface area (Å²) in [7, 11) is 0. The first-order valence-corrected chi connectivity index (χ1v) is 11.7. The smallest absolute Gasteiger partial charge is 0.265 e. The summed E-state index contributed by atoms with van der Waals surface area (Å²) in [5, 5.41) is 8.95. The summed E-state index contributed by atoms with van der Waals surface area (Å²) < 4.78 is 1.86. The number of nitrogens with one attached hydrogen (secondary N) is 1. The van der Waals surface area contributed by atoms with Gasteiger partial charge in [-0.15, -0.1) is 11.3 Å². The second-order valence-corrected chi connectivity index (χ2v) is 9.27. The molecule has 1 saturated heterocycles. The van der Waals surface area contributed by atoms with E-state index in [-0.39, 0.29) is 11.8 Å². The van der Waals surface area contributed by atoms with Gasteiger partial charge in [-0.2, -0.15) is 5.10 Å². The summed E-state index contributed by atoms with van der Waals surface area (Å²) in [6, 6.07) is 16.7. The Bertz CT molecular complexity index is 1320. The van der Waals surface area contributed by atoms with E-state index in [0.717, 1.165) is 47.5 Å². The summed E-state index contributed by atoms with van der Waals surface area (Å²) in [5.74, 6) is -0.366. The number of anilines is 1. The summed E-state index contributed by atoms with van der Waals surface area (Å²) >= 11 is 7.54. The van der Waals surface area contributed by atoms with Gasteiger partial charge in [-0.1, -0.05) is 29.8 Å². The fourth-order valence-corrected chi connectivity index (χ4v) is 5.23. The fraction of sp³-hybridized carbons (Fsp3) is 0.208. The lowest BCUT2D eigenvalue weighted by Crippen LogP contribution is -2.28. The van der Waals surface area contributed by atoms with Crippen LogP contribution < -0.4 is 5.32 Å². The van der Waals surface area contributed by atoms with Gasteiger partial charge in [-0.3, -0.25) is 9.59 Å². The van der Waals surface area contributed by atoms with Gasteiger partial charge >= 0.3 is 0 Å². The average molecular weight is 465 g/mol. The van der Waals surface area contributed by atoms with Crippen LogP contribution in [0.1, 0.15) is 38.6 Å². The molecular weight excluding hydrogens is 444 g/mol. The van der Waals surface area contributed by atoms with Crippen molar-refractivity contribution in [3.05, 3.63) is 75.8 Å². The molecule has 2 aromatic heterocycles. The summed E-state index contributed by atoms with van der Waals surface area (Å²) in [4.78, 5) is 29.4. The number of amides is 2. The molecule has 0 aliphatic carbocycles. The molecule has 0 spiro atoms. The maximum Gasteiger partial charge on any atom is 0.265 e. The molecule has 1 fully saturated rings. The number of hydrogen-bond donors (Lipinski definition) is 1. The molecule has 5 rings (SSSR count). The zero-order chi connectivity index (χ0) is 22.2. The number of halogens is 1. The van der Waals surface area contributed by atoms with Gasteiger partial charge < -0.3 is 10.2 Å². The maximum absolute atomic E-state index is 13.1. The fourth-order valence-electron chi connectivity index (χ4n) is 3.98. The number of thiophene rings is 1. The van der Waals surface area contributed by atoms with E-state index in [1.54, 1.807) is 23.1 Å². The lowest BCUT2D eigenvalue weighted by Gasteiger charge is -2.18. The molecular formula is C24H21ClN4O2S. The van der Waals surface area contributed by atoms with Gasteiger partial charge in [0.05, 0.1) is 27.5 Å². The molecule has 1 N–H and O–H groups in total. The van der Waals surface area contributed by atoms with E-state index in [0.29, 0.717) is 21.2 Å². The molecule has 0 unspecified atom stereocenters. The van der Waals surface area contributed by atoms with Crippen molar-refractivity contribution < 1.29 is 9.59 Å². The van der Waals surface area contributed by atoms with Crippen LogP contribution in [0.5, 0.6) is 0 Å². The second-order valence-electron chi connectivity index (χ2n) is 7.81. The van der Waals surface area contributed by atoms with E-state index < -0.39 is 0 Å². The third-order valence-corrected chi connectivity index (χ3v) is 6.97. The van der Waals surface area contributed by atoms with Crippen LogP contribution in [0.25, 0.3) is 15.9 Å². The van der Waals surface area contributed by atoms with Crippen molar-refractivity contribution in [3.63, 3.8) is 0 Å². The lowest BCUT2D eigenvalue weighted by atomic mass is 10.1. The number of likely N-dealkylation sites (tertiary alicyclic amines) is 1. The van der Waals surface area contributed by atoms with Crippen LogP contribution in [0.4, 0.5) is 5.69 Å². The largest absolute Gasteiger partial charge is 0.339 e. The number of hydrogen-bond acceptors (Lipinski definition) is 4. The number of carbonyl (C=O) groups is 2. The molecule has 1 aliphatic heterocycles. The predicted molar refractivity (Wildman–Crippen MR) is 128 cm³/mol. The first-order chi connectivity index (χ1) is 15.5. The Morgan fingerprint density at radius 3 is 2.56 bits per heavy atom. The van der Waals surface area contributed by atoms with Crippen molar-refractivity contribution in [2.24, 2.45) is 0 Å². The first kappa shape index (κ1) is 20.7. The van der Waals surface area contributed by atoms with E-state index in [1.807, 2.05) is 48.0 Å². The molecule has 32 heavy (non-hydrogen) atoms. The Hall–Kier alpha value is -3.16. The van der Waals surface area contributed by atoms with E-state index in [9.17, 15) is 9.59 Å². The highest BCUT2D eigenvalue weighted by Crippen LogP contribution is 2.31. The van der Waals surface area contributed by atoms with Gasteiger partial charge in [-0.25, -0.2) is 4.68 Å². The van der Waals surface area contributed by atoms with Crippen LogP contribution in [0.15, 0.2) is 54.6 Å². The van der Waals surface area contributed by atoms with Crippen molar-refractivity contribution in [1.82, 2.24) is 14.7 Å². The molecule has 2 aromatic carbocycles. The molecule has 0 radical (unpaired) electrons. The SMILES string of the molecule is Cc1nn(-c2ccccc2)c2sc(C(=O)Nc3ccc(Cl)cc3C(=O)N3CCCC3)cc12. The van der Waals surface area contributed by atoms with E-state index in [1.165, 1.54) is 11.3 Å². The van der Waals surface area contributed by atoms with Crippen molar-refractivity contribution in [1.29, 1.82) is 0 Å². The number of rotatable bonds is 4. The minimum absolute atomic E-state index is 0.104. The highest BCUT2D eigenvalue weighted by Gasteiger charge is 2.24. The van der Waals surface area contributed by atoms with Gasteiger partial charge in [-0.05, 0) is 56.2 Å². The minimum Gasteiger partial charge on any atom is -0.339 e. The van der Waals surface area contributed by atoms with Crippen molar-refractivity contribution in [2.75, 3.05) is 18.4 Å². The molecule has 0 saturated carbocycles. The molecule has 0 bridgehead atoms. The topological polar surface area (TPSA) is 67.2 Å². The van der Waals surface area contributed by atoms with Gasteiger partial charge in [0.25, 0.3) is 11.8 Å². The number of para-hydroxylation sites is 1. The number of benzene rings is 2. The van der Waals surface area contributed by atoms with Gasteiger partial charge in [0.2, 0.25) is 0 Å². The number of nitrogens with zero attached hydrogens (tertiary/aromatic N) is 3. The summed E-state index contributed by atoms with van der Waals surface area (Å²) in [6.07, 6.45) is 1.99. The Labute approximate surface area is 194 Å². The Morgan fingerprint density at radius 1 is 1.06 bits per heavy atom. The molecule has 1 aliphatic rings. The standard InChI is InChI=1S/C24H21ClN4O2S/c1-15-18-14-21(32-24(18)29(27-15)17-7-3-2-4-8-17)22(30)26-20-10-9-16(25)13-19(20)23(31)28-11-5-6-12-28/h2-4,7-10,13-14H,5-6,11-12H2,1H3,(H,26,30). The zero-order valence-electron chi connectivity index (χ0n) is 17.5. The zero-order valence-corrected chi connectivity index (χ0v) is 19.0. The monoisotopic (exact) mass is 464 g/mol.